The smallest absolute Gasteiger partial charge is 0.223 e. The number of amidine groups is 1. The quantitative estimate of drug-likeness (QED) is 0.213. The van der Waals surface area contributed by atoms with Gasteiger partial charge in [0.15, 0.2) is 0 Å². The zero-order valence-electron chi connectivity index (χ0n) is 12.3. The Morgan fingerprint density at radius 1 is 1.38 bits per heavy atom. The lowest BCUT2D eigenvalue weighted by Crippen LogP contribution is -2.26. The highest BCUT2D eigenvalue weighted by Crippen LogP contribution is 2.12. The van der Waals surface area contributed by atoms with Gasteiger partial charge in [-0.05, 0) is 37.5 Å². The maximum atomic E-state index is 11.6. The lowest BCUT2D eigenvalue weighted by Gasteiger charge is -2.07. The highest BCUT2D eigenvalue weighted by Gasteiger charge is 2.02. The number of rotatable bonds is 9. The van der Waals surface area contributed by atoms with Crippen LogP contribution in [0.2, 0.25) is 0 Å². The van der Waals surface area contributed by atoms with Crippen molar-refractivity contribution in [3.05, 3.63) is 29.8 Å². The van der Waals surface area contributed by atoms with Gasteiger partial charge < -0.3 is 21.0 Å². The Morgan fingerprint density at radius 2 is 2.19 bits per heavy atom. The Bertz CT molecular complexity index is 475. The number of oxime groups is 1. The Kier molecular flexibility index (Phi) is 7.71. The molecule has 4 N–H and O–H groups in total. The number of amides is 1. The molecule has 21 heavy (non-hydrogen) atoms. The van der Waals surface area contributed by atoms with Gasteiger partial charge in [-0.1, -0.05) is 17.3 Å². The molecule has 6 nitrogen and oxygen atoms in total. The Hall–Kier alpha value is -2.24. The van der Waals surface area contributed by atoms with Crippen molar-refractivity contribution in [2.45, 2.75) is 32.6 Å². The van der Waals surface area contributed by atoms with Crippen LogP contribution in [0.3, 0.4) is 0 Å². The van der Waals surface area contributed by atoms with Gasteiger partial charge >= 0.3 is 0 Å². The van der Waals surface area contributed by atoms with Crippen LogP contribution in [0.5, 0.6) is 5.75 Å². The number of aryl methyl sites for hydroxylation is 1. The highest BCUT2D eigenvalue weighted by molar-refractivity contribution is 5.79. The van der Waals surface area contributed by atoms with E-state index in [2.05, 4.69) is 10.5 Å². The molecule has 0 aliphatic heterocycles. The number of hydrogen-bond acceptors (Lipinski definition) is 4. The Balaban J connectivity index is 2.06. The van der Waals surface area contributed by atoms with Crippen LogP contribution < -0.4 is 15.8 Å². The van der Waals surface area contributed by atoms with Crippen molar-refractivity contribution >= 4 is 11.7 Å². The fourth-order valence-electron chi connectivity index (χ4n) is 1.76. The molecule has 0 atom stereocenters. The van der Waals surface area contributed by atoms with Crippen LogP contribution in [0.1, 0.15) is 31.2 Å². The van der Waals surface area contributed by atoms with Crippen molar-refractivity contribution in [3.8, 4) is 5.75 Å². The van der Waals surface area contributed by atoms with Crippen LogP contribution in [-0.4, -0.2) is 30.1 Å². The van der Waals surface area contributed by atoms with Crippen LogP contribution in [0.15, 0.2) is 29.4 Å². The maximum absolute atomic E-state index is 11.6. The molecule has 0 spiro atoms. The summed E-state index contributed by atoms with van der Waals surface area (Å²) < 4.78 is 5.51. The molecule has 0 fully saturated rings. The minimum Gasteiger partial charge on any atom is -0.493 e. The van der Waals surface area contributed by atoms with Crippen molar-refractivity contribution in [1.29, 1.82) is 0 Å². The van der Waals surface area contributed by atoms with E-state index in [1.54, 1.807) is 0 Å². The molecule has 1 aromatic rings. The molecule has 1 rings (SSSR count). The van der Waals surface area contributed by atoms with Crippen molar-refractivity contribution in [1.82, 2.24) is 5.32 Å². The van der Waals surface area contributed by atoms with E-state index in [0.717, 1.165) is 24.2 Å². The average molecular weight is 293 g/mol. The lowest BCUT2D eigenvalue weighted by molar-refractivity contribution is -0.121. The van der Waals surface area contributed by atoms with Gasteiger partial charge in [-0.25, -0.2) is 0 Å². The first kappa shape index (κ1) is 16.8. The summed E-state index contributed by atoms with van der Waals surface area (Å²) in [6.45, 7) is 2.94. The van der Waals surface area contributed by atoms with E-state index < -0.39 is 0 Å². The number of nitrogens with one attached hydrogen (secondary N) is 1. The number of nitrogens with zero attached hydrogens (tertiary/aromatic N) is 1. The fraction of sp³-hybridized carbons (Fsp3) is 0.467. The van der Waals surface area contributed by atoms with Gasteiger partial charge in [0, 0.05) is 13.0 Å². The van der Waals surface area contributed by atoms with Crippen LogP contribution in [0.4, 0.5) is 0 Å². The largest absolute Gasteiger partial charge is 0.493 e. The van der Waals surface area contributed by atoms with Crippen molar-refractivity contribution in [3.63, 3.8) is 0 Å². The summed E-state index contributed by atoms with van der Waals surface area (Å²) in [6.07, 6.45) is 2.42. The first-order valence-corrected chi connectivity index (χ1v) is 7.04. The molecule has 0 radical (unpaired) electrons. The maximum Gasteiger partial charge on any atom is 0.223 e. The molecule has 0 saturated carbocycles. The third-order valence-corrected chi connectivity index (χ3v) is 2.90. The standard InChI is InChI=1S/C15H23N3O3/c1-12-5-4-6-13(11-12)21-10-8-15(19)17-9-3-2-7-14(16)18-20/h4-6,11,20H,2-3,7-10H2,1H3,(H2,16,18)(H,17,19). The fourth-order valence-corrected chi connectivity index (χ4v) is 1.76. The van der Waals surface area contributed by atoms with Crippen LogP contribution in [0, 0.1) is 6.92 Å². The second kappa shape index (κ2) is 9.63. The third-order valence-electron chi connectivity index (χ3n) is 2.90. The van der Waals surface area contributed by atoms with Gasteiger partial charge in [-0.15, -0.1) is 0 Å². The van der Waals surface area contributed by atoms with E-state index in [9.17, 15) is 4.79 Å². The molecular formula is C15H23N3O3. The van der Waals surface area contributed by atoms with Gasteiger partial charge in [0.05, 0.1) is 13.0 Å². The summed E-state index contributed by atoms with van der Waals surface area (Å²) in [5.74, 6) is 0.959. The van der Waals surface area contributed by atoms with E-state index >= 15 is 0 Å². The van der Waals surface area contributed by atoms with E-state index in [1.165, 1.54) is 0 Å². The second-order valence-corrected chi connectivity index (χ2v) is 4.81. The Labute approximate surface area is 125 Å². The predicted octanol–water partition coefficient (Wildman–Crippen LogP) is 1.80. The number of hydrogen-bond donors (Lipinski definition) is 3. The summed E-state index contributed by atoms with van der Waals surface area (Å²) >= 11 is 0. The average Bonchev–Trinajstić information content (AvgIpc) is 2.46. The van der Waals surface area contributed by atoms with Crippen molar-refractivity contribution in [2.75, 3.05) is 13.2 Å². The SMILES string of the molecule is Cc1cccc(OCCC(=O)NCCCCC(N)=NO)c1. The molecule has 0 unspecified atom stereocenters. The molecule has 0 heterocycles. The molecule has 116 valence electrons. The molecule has 6 heteroatoms. The molecular weight excluding hydrogens is 270 g/mol. The summed E-state index contributed by atoms with van der Waals surface area (Å²) in [5.41, 5.74) is 6.47. The molecule has 1 aromatic carbocycles. The van der Waals surface area contributed by atoms with Crippen molar-refractivity contribution < 1.29 is 14.7 Å². The van der Waals surface area contributed by atoms with Gasteiger partial charge in [0.2, 0.25) is 5.91 Å². The minimum absolute atomic E-state index is 0.0357. The first-order valence-electron chi connectivity index (χ1n) is 7.04. The van der Waals surface area contributed by atoms with E-state index in [-0.39, 0.29) is 11.7 Å². The van der Waals surface area contributed by atoms with E-state index in [1.807, 2.05) is 31.2 Å². The minimum atomic E-state index is -0.0357. The zero-order chi connectivity index (χ0) is 15.5. The monoisotopic (exact) mass is 293 g/mol. The first-order chi connectivity index (χ1) is 10.1. The number of carbonyl (C=O) groups is 1. The Morgan fingerprint density at radius 3 is 2.90 bits per heavy atom. The van der Waals surface area contributed by atoms with Gasteiger partial charge in [0.1, 0.15) is 11.6 Å². The summed E-state index contributed by atoms with van der Waals surface area (Å²) in [5, 5.41) is 14.1. The van der Waals surface area contributed by atoms with Gasteiger partial charge in [-0.2, -0.15) is 0 Å². The molecule has 0 saturated heterocycles. The third kappa shape index (κ3) is 7.81. The molecule has 0 bridgehead atoms. The second-order valence-electron chi connectivity index (χ2n) is 4.81. The number of benzene rings is 1. The normalized spacial score (nSPS) is 11.2. The van der Waals surface area contributed by atoms with Crippen LogP contribution >= 0.6 is 0 Å². The van der Waals surface area contributed by atoms with Gasteiger partial charge in [-0.3, -0.25) is 4.79 Å². The predicted molar refractivity (Wildman–Crippen MR) is 81.6 cm³/mol. The van der Waals surface area contributed by atoms with Crippen LogP contribution in [-0.2, 0) is 4.79 Å². The number of nitrogens with two attached hydrogens (primary N) is 1. The summed E-state index contributed by atoms with van der Waals surface area (Å²) in [6, 6.07) is 7.73. The van der Waals surface area contributed by atoms with Gasteiger partial charge in [0.25, 0.3) is 0 Å². The number of unbranched alkanes of at least 4 members (excludes halogenated alkanes) is 1. The number of ether oxygens (including phenoxy) is 1. The molecule has 0 aromatic heterocycles. The zero-order valence-corrected chi connectivity index (χ0v) is 12.3. The molecule has 1 amide bonds. The van der Waals surface area contributed by atoms with E-state index in [4.69, 9.17) is 15.7 Å². The van der Waals surface area contributed by atoms with Crippen LogP contribution in [0.25, 0.3) is 0 Å². The summed E-state index contributed by atoms with van der Waals surface area (Å²) in [4.78, 5) is 11.6. The lowest BCUT2D eigenvalue weighted by atomic mass is 10.2. The topological polar surface area (TPSA) is 96.9 Å². The highest BCUT2D eigenvalue weighted by atomic mass is 16.5. The van der Waals surface area contributed by atoms with E-state index in [0.29, 0.717) is 26.0 Å². The molecule has 0 aliphatic carbocycles. The molecule has 0 aliphatic rings. The number of carbonyl (C=O) groups excluding carboxylic acids is 1. The summed E-state index contributed by atoms with van der Waals surface area (Å²) in [7, 11) is 0. The van der Waals surface area contributed by atoms with Crippen molar-refractivity contribution in [2.24, 2.45) is 10.9 Å².